The molecule has 27 heavy (non-hydrogen) atoms. The lowest BCUT2D eigenvalue weighted by atomic mass is 9.81. The van der Waals surface area contributed by atoms with E-state index in [0.29, 0.717) is 25.7 Å². The van der Waals surface area contributed by atoms with Gasteiger partial charge in [-0.25, -0.2) is 0 Å². The standard InChI is InChI=1S/C20H36N4O3/c1-21-19(22-14-20(15-25)8-11-27-12-9-20)23-17-7-10-24(13-17)18(26)16-5-3-2-4-6-16/h16-17,25H,2-15H2,1H3,(H2,21,22,23). The van der Waals surface area contributed by atoms with Gasteiger partial charge in [0.05, 0.1) is 6.61 Å². The minimum absolute atomic E-state index is 0.130. The summed E-state index contributed by atoms with van der Waals surface area (Å²) in [5.74, 6) is 1.35. The third-order valence-electron chi connectivity index (χ3n) is 6.54. The van der Waals surface area contributed by atoms with E-state index in [1.54, 1.807) is 7.05 Å². The van der Waals surface area contributed by atoms with Crippen LogP contribution in [0.2, 0.25) is 0 Å². The molecule has 0 spiro atoms. The number of nitrogens with one attached hydrogen (secondary N) is 2. The van der Waals surface area contributed by atoms with Crippen molar-refractivity contribution in [2.75, 3.05) is 46.5 Å². The first-order valence-corrected chi connectivity index (χ1v) is 10.6. The molecule has 0 aromatic rings. The molecular formula is C20H36N4O3. The summed E-state index contributed by atoms with van der Waals surface area (Å²) in [5.41, 5.74) is -0.130. The van der Waals surface area contributed by atoms with Crippen LogP contribution < -0.4 is 10.6 Å². The highest BCUT2D eigenvalue weighted by atomic mass is 16.5. The highest BCUT2D eigenvalue weighted by molar-refractivity contribution is 5.81. The maximum absolute atomic E-state index is 12.7. The van der Waals surface area contributed by atoms with Crippen LogP contribution >= 0.6 is 0 Å². The number of aliphatic hydroxyl groups is 1. The average Bonchev–Trinajstić information content (AvgIpc) is 3.20. The molecule has 2 heterocycles. The Morgan fingerprint density at radius 3 is 2.63 bits per heavy atom. The number of carbonyl (C=O) groups excluding carboxylic acids is 1. The van der Waals surface area contributed by atoms with Gasteiger partial charge in [-0.3, -0.25) is 9.79 Å². The molecule has 0 aromatic heterocycles. The second-order valence-corrected chi connectivity index (χ2v) is 8.45. The Labute approximate surface area is 162 Å². The summed E-state index contributed by atoms with van der Waals surface area (Å²) in [7, 11) is 1.77. The van der Waals surface area contributed by atoms with Crippen molar-refractivity contribution in [2.45, 2.75) is 57.4 Å². The predicted molar refractivity (Wildman–Crippen MR) is 106 cm³/mol. The van der Waals surface area contributed by atoms with Gasteiger partial charge in [-0.1, -0.05) is 19.3 Å². The van der Waals surface area contributed by atoms with Crippen molar-refractivity contribution in [3.8, 4) is 0 Å². The first-order chi connectivity index (χ1) is 13.2. The van der Waals surface area contributed by atoms with E-state index in [1.165, 1.54) is 19.3 Å². The minimum atomic E-state index is -0.130. The van der Waals surface area contributed by atoms with Crippen molar-refractivity contribution >= 4 is 11.9 Å². The van der Waals surface area contributed by atoms with Crippen molar-refractivity contribution < 1.29 is 14.6 Å². The second kappa shape index (κ2) is 9.73. The number of aliphatic imine (C=N–C) groups is 1. The normalized spacial score (nSPS) is 26.8. The molecule has 3 rings (SSSR count). The van der Waals surface area contributed by atoms with Crippen molar-refractivity contribution in [1.29, 1.82) is 0 Å². The molecule has 1 atom stereocenters. The molecular weight excluding hydrogens is 344 g/mol. The van der Waals surface area contributed by atoms with Crippen LogP contribution in [0.4, 0.5) is 0 Å². The molecule has 3 aliphatic rings. The quantitative estimate of drug-likeness (QED) is 0.492. The van der Waals surface area contributed by atoms with Gasteiger partial charge in [-0.05, 0) is 32.1 Å². The lowest BCUT2D eigenvalue weighted by Crippen LogP contribution is -2.50. The first-order valence-electron chi connectivity index (χ1n) is 10.6. The fraction of sp³-hybridized carbons (Fsp3) is 0.900. The molecule has 7 nitrogen and oxygen atoms in total. The van der Waals surface area contributed by atoms with Crippen LogP contribution in [0, 0.1) is 11.3 Å². The van der Waals surface area contributed by atoms with E-state index in [-0.39, 0.29) is 24.0 Å². The Morgan fingerprint density at radius 1 is 1.22 bits per heavy atom. The van der Waals surface area contributed by atoms with Gasteiger partial charge < -0.3 is 25.4 Å². The molecule has 3 fully saturated rings. The van der Waals surface area contributed by atoms with Crippen molar-refractivity contribution in [2.24, 2.45) is 16.3 Å². The number of hydrogen-bond donors (Lipinski definition) is 3. The van der Waals surface area contributed by atoms with Crippen LogP contribution in [0.25, 0.3) is 0 Å². The minimum Gasteiger partial charge on any atom is -0.396 e. The van der Waals surface area contributed by atoms with Gasteiger partial charge in [0.25, 0.3) is 0 Å². The van der Waals surface area contributed by atoms with Gasteiger partial charge in [0.15, 0.2) is 5.96 Å². The predicted octanol–water partition coefficient (Wildman–Crippen LogP) is 1.12. The van der Waals surface area contributed by atoms with Crippen LogP contribution in [-0.4, -0.2) is 74.4 Å². The van der Waals surface area contributed by atoms with E-state index >= 15 is 0 Å². The summed E-state index contributed by atoms with van der Waals surface area (Å²) in [6.45, 7) is 3.85. The Kier molecular flexibility index (Phi) is 7.35. The molecule has 154 valence electrons. The Hall–Kier alpha value is -1.34. The molecule has 0 bridgehead atoms. The molecule has 1 saturated carbocycles. The van der Waals surface area contributed by atoms with E-state index < -0.39 is 0 Å². The Bertz CT molecular complexity index is 513. The summed E-state index contributed by atoms with van der Waals surface area (Å²) in [6, 6.07) is 0.239. The van der Waals surface area contributed by atoms with Crippen molar-refractivity contribution in [3.63, 3.8) is 0 Å². The number of likely N-dealkylation sites (tertiary alicyclic amines) is 1. The lowest BCUT2D eigenvalue weighted by Gasteiger charge is -2.36. The summed E-state index contributed by atoms with van der Waals surface area (Å²) >= 11 is 0. The molecule has 1 unspecified atom stereocenters. The third-order valence-corrected chi connectivity index (χ3v) is 6.54. The summed E-state index contributed by atoms with van der Waals surface area (Å²) < 4.78 is 5.43. The zero-order chi connectivity index (χ0) is 19.1. The molecule has 0 aromatic carbocycles. The highest BCUT2D eigenvalue weighted by Crippen LogP contribution is 2.29. The van der Waals surface area contributed by atoms with Gasteiger partial charge >= 0.3 is 0 Å². The summed E-state index contributed by atoms with van der Waals surface area (Å²) in [4.78, 5) is 19.1. The molecule has 2 saturated heterocycles. The number of carbonyl (C=O) groups is 1. The van der Waals surface area contributed by atoms with Gasteiger partial charge in [0.2, 0.25) is 5.91 Å². The van der Waals surface area contributed by atoms with Crippen LogP contribution in [-0.2, 0) is 9.53 Å². The second-order valence-electron chi connectivity index (χ2n) is 8.45. The lowest BCUT2D eigenvalue weighted by molar-refractivity contribution is -0.135. The topological polar surface area (TPSA) is 86.2 Å². The van der Waals surface area contributed by atoms with Crippen molar-refractivity contribution in [3.05, 3.63) is 0 Å². The van der Waals surface area contributed by atoms with Crippen LogP contribution in [0.1, 0.15) is 51.4 Å². The zero-order valence-electron chi connectivity index (χ0n) is 16.7. The molecule has 1 amide bonds. The van der Waals surface area contributed by atoms with Gasteiger partial charge in [-0.15, -0.1) is 0 Å². The number of nitrogens with zero attached hydrogens (tertiary/aromatic N) is 2. The number of rotatable bonds is 5. The van der Waals surface area contributed by atoms with Crippen LogP contribution in [0.15, 0.2) is 4.99 Å². The van der Waals surface area contributed by atoms with Gasteiger partial charge in [0, 0.05) is 57.3 Å². The van der Waals surface area contributed by atoms with E-state index in [9.17, 15) is 9.90 Å². The SMILES string of the molecule is CN=C(NCC1(CO)CCOCC1)NC1CCN(C(=O)C2CCCCC2)C1. The Morgan fingerprint density at radius 2 is 1.96 bits per heavy atom. The average molecular weight is 381 g/mol. The number of hydrogen-bond acceptors (Lipinski definition) is 4. The smallest absolute Gasteiger partial charge is 0.225 e. The van der Waals surface area contributed by atoms with Gasteiger partial charge in [0.1, 0.15) is 0 Å². The molecule has 3 N–H and O–H groups in total. The maximum Gasteiger partial charge on any atom is 0.225 e. The van der Waals surface area contributed by atoms with E-state index in [4.69, 9.17) is 4.74 Å². The highest BCUT2D eigenvalue weighted by Gasteiger charge is 2.34. The van der Waals surface area contributed by atoms with Crippen LogP contribution in [0.5, 0.6) is 0 Å². The maximum atomic E-state index is 12.7. The number of guanidine groups is 1. The Balaban J connectivity index is 1.45. The van der Waals surface area contributed by atoms with E-state index in [0.717, 1.165) is 51.2 Å². The van der Waals surface area contributed by atoms with E-state index in [2.05, 4.69) is 15.6 Å². The first kappa shape index (κ1) is 20.4. The number of amides is 1. The van der Waals surface area contributed by atoms with Gasteiger partial charge in [-0.2, -0.15) is 0 Å². The van der Waals surface area contributed by atoms with Crippen molar-refractivity contribution in [1.82, 2.24) is 15.5 Å². The fourth-order valence-corrected chi connectivity index (χ4v) is 4.54. The largest absolute Gasteiger partial charge is 0.396 e. The molecule has 2 aliphatic heterocycles. The van der Waals surface area contributed by atoms with E-state index in [1.807, 2.05) is 4.90 Å². The summed E-state index contributed by atoms with van der Waals surface area (Å²) in [5, 5.41) is 16.7. The number of aliphatic hydroxyl groups excluding tert-OH is 1. The molecule has 1 aliphatic carbocycles. The van der Waals surface area contributed by atoms with Crippen LogP contribution in [0.3, 0.4) is 0 Å². The summed E-state index contributed by atoms with van der Waals surface area (Å²) in [6.07, 6.45) is 8.46. The third kappa shape index (κ3) is 5.35. The monoisotopic (exact) mass is 380 g/mol. The molecule has 0 radical (unpaired) electrons. The zero-order valence-corrected chi connectivity index (χ0v) is 16.7. The molecule has 7 heteroatoms. The number of ether oxygens (including phenoxy) is 1. The fourth-order valence-electron chi connectivity index (χ4n) is 4.54.